The molecule has 110 valence electrons. The smallest absolute Gasteiger partial charge is 0.0593 e. The van der Waals surface area contributed by atoms with Crippen molar-refractivity contribution in [1.29, 1.82) is 0 Å². The molecule has 0 aromatic carbocycles. The summed E-state index contributed by atoms with van der Waals surface area (Å²) in [6.07, 6.45) is 3.19. The fourth-order valence-electron chi connectivity index (χ4n) is 2.00. The van der Waals surface area contributed by atoms with Gasteiger partial charge in [-0.1, -0.05) is 13.8 Å². The van der Waals surface area contributed by atoms with Crippen LogP contribution in [0.25, 0.3) is 0 Å². The van der Waals surface area contributed by atoms with E-state index in [2.05, 4.69) is 25.7 Å². The van der Waals surface area contributed by atoms with Gasteiger partial charge in [0.2, 0.25) is 0 Å². The number of hydrogen-bond acceptors (Lipinski definition) is 4. The summed E-state index contributed by atoms with van der Waals surface area (Å²) in [4.78, 5) is 2.46. The SMILES string of the molecule is CCCN(CCOCCCOC)C(C)(CC)CN. The molecule has 0 saturated carbocycles. The Morgan fingerprint density at radius 3 is 2.33 bits per heavy atom. The molecule has 1 unspecified atom stereocenters. The Bertz CT molecular complexity index is 185. The number of nitrogens with zero attached hydrogens (tertiary/aromatic N) is 1. The predicted molar refractivity (Wildman–Crippen MR) is 76.9 cm³/mol. The fraction of sp³-hybridized carbons (Fsp3) is 1.00. The minimum atomic E-state index is 0.103. The average molecular weight is 260 g/mol. The summed E-state index contributed by atoms with van der Waals surface area (Å²) in [5, 5.41) is 0. The Hall–Kier alpha value is -0.160. The number of methoxy groups -OCH3 is 1. The molecule has 0 bridgehead atoms. The van der Waals surface area contributed by atoms with Crippen molar-refractivity contribution in [2.75, 3.05) is 46.6 Å². The topological polar surface area (TPSA) is 47.7 Å². The zero-order valence-corrected chi connectivity index (χ0v) is 12.7. The number of nitrogens with two attached hydrogens (primary N) is 1. The molecule has 0 aromatic heterocycles. The van der Waals surface area contributed by atoms with Crippen LogP contribution in [0.3, 0.4) is 0 Å². The molecule has 0 heterocycles. The largest absolute Gasteiger partial charge is 0.385 e. The quantitative estimate of drug-likeness (QED) is 0.544. The van der Waals surface area contributed by atoms with E-state index in [1.807, 2.05) is 0 Å². The lowest BCUT2D eigenvalue weighted by atomic mass is 9.96. The van der Waals surface area contributed by atoms with Crippen molar-refractivity contribution in [2.24, 2.45) is 5.73 Å². The monoisotopic (exact) mass is 260 g/mol. The third kappa shape index (κ3) is 6.69. The average Bonchev–Trinajstić information content (AvgIpc) is 2.40. The van der Waals surface area contributed by atoms with Gasteiger partial charge >= 0.3 is 0 Å². The summed E-state index contributed by atoms with van der Waals surface area (Å²) >= 11 is 0. The van der Waals surface area contributed by atoms with E-state index < -0.39 is 0 Å². The molecule has 0 fully saturated rings. The van der Waals surface area contributed by atoms with Crippen molar-refractivity contribution in [3.05, 3.63) is 0 Å². The summed E-state index contributed by atoms with van der Waals surface area (Å²) in [7, 11) is 1.72. The van der Waals surface area contributed by atoms with E-state index in [0.29, 0.717) is 6.54 Å². The highest BCUT2D eigenvalue weighted by molar-refractivity contribution is 4.85. The maximum atomic E-state index is 5.92. The van der Waals surface area contributed by atoms with Crippen LogP contribution in [0, 0.1) is 0 Å². The van der Waals surface area contributed by atoms with Gasteiger partial charge in [0, 0.05) is 39.0 Å². The van der Waals surface area contributed by atoms with Crippen LogP contribution in [0.4, 0.5) is 0 Å². The van der Waals surface area contributed by atoms with Crippen LogP contribution in [-0.2, 0) is 9.47 Å². The first kappa shape index (κ1) is 17.8. The van der Waals surface area contributed by atoms with Gasteiger partial charge in [-0.3, -0.25) is 4.90 Å². The van der Waals surface area contributed by atoms with Gasteiger partial charge < -0.3 is 15.2 Å². The van der Waals surface area contributed by atoms with Gasteiger partial charge in [0.05, 0.1) is 6.61 Å². The Balaban J connectivity index is 3.96. The second-order valence-corrected chi connectivity index (χ2v) is 5.00. The van der Waals surface area contributed by atoms with Crippen molar-refractivity contribution < 1.29 is 9.47 Å². The molecule has 18 heavy (non-hydrogen) atoms. The van der Waals surface area contributed by atoms with Crippen LogP contribution in [0.5, 0.6) is 0 Å². The number of rotatable bonds is 12. The molecule has 0 rings (SSSR count). The summed E-state index contributed by atoms with van der Waals surface area (Å²) in [6, 6.07) is 0. The third-order valence-corrected chi connectivity index (χ3v) is 3.60. The van der Waals surface area contributed by atoms with Crippen LogP contribution < -0.4 is 5.73 Å². The van der Waals surface area contributed by atoms with Crippen molar-refractivity contribution in [3.8, 4) is 0 Å². The van der Waals surface area contributed by atoms with Crippen LogP contribution in [0.2, 0.25) is 0 Å². The van der Waals surface area contributed by atoms with E-state index in [9.17, 15) is 0 Å². The van der Waals surface area contributed by atoms with Crippen molar-refractivity contribution in [2.45, 2.75) is 45.6 Å². The van der Waals surface area contributed by atoms with Crippen LogP contribution in [0.1, 0.15) is 40.0 Å². The third-order valence-electron chi connectivity index (χ3n) is 3.60. The highest BCUT2D eigenvalue weighted by Gasteiger charge is 2.27. The van der Waals surface area contributed by atoms with Crippen LogP contribution >= 0.6 is 0 Å². The van der Waals surface area contributed by atoms with Crippen LogP contribution in [-0.4, -0.2) is 57.0 Å². The minimum Gasteiger partial charge on any atom is -0.385 e. The summed E-state index contributed by atoms with van der Waals surface area (Å²) < 4.78 is 10.6. The molecule has 0 saturated heterocycles. The van der Waals surface area contributed by atoms with Gasteiger partial charge in [-0.2, -0.15) is 0 Å². The molecule has 0 spiro atoms. The Morgan fingerprint density at radius 2 is 1.83 bits per heavy atom. The molecule has 0 aromatic rings. The first-order chi connectivity index (χ1) is 8.64. The predicted octanol–water partition coefficient (Wildman–Crippen LogP) is 1.88. The summed E-state index contributed by atoms with van der Waals surface area (Å²) in [6.45, 7) is 11.7. The molecule has 0 amide bonds. The van der Waals surface area contributed by atoms with Crippen molar-refractivity contribution >= 4 is 0 Å². The van der Waals surface area contributed by atoms with Crippen LogP contribution in [0.15, 0.2) is 0 Å². The van der Waals surface area contributed by atoms with Gasteiger partial charge in [-0.05, 0) is 32.7 Å². The number of ether oxygens (including phenoxy) is 2. The van der Waals surface area contributed by atoms with E-state index in [4.69, 9.17) is 15.2 Å². The van der Waals surface area contributed by atoms with Gasteiger partial charge in [0.1, 0.15) is 0 Å². The lowest BCUT2D eigenvalue weighted by molar-refractivity contribution is 0.0441. The Kier molecular flexibility index (Phi) is 10.6. The molecular formula is C14H32N2O2. The maximum Gasteiger partial charge on any atom is 0.0593 e. The van der Waals surface area contributed by atoms with Gasteiger partial charge in [-0.25, -0.2) is 0 Å². The second-order valence-electron chi connectivity index (χ2n) is 5.00. The molecule has 1 atom stereocenters. The molecule has 0 radical (unpaired) electrons. The Labute approximate surface area is 113 Å². The lowest BCUT2D eigenvalue weighted by Crippen LogP contribution is -2.52. The number of hydrogen-bond donors (Lipinski definition) is 1. The first-order valence-corrected chi connectivity index (χ1v) is 7.16. The molecular weight excluding hydrogens is 228 g/mol. The molecule has 0 aliphatic heterocycles. The van der Waals surface area contributed by atoms with E-state index in [1.165, 1.54) is 0 Å². The molecule has 2 N–H and O–H groups in total. The van der Waals surface area contributed by atoms with E-state index in [0.717, 1.165) is 52.2 Å². The van der Waals surface area contributed by atoms with Gasteiger partial charge in [0.25, 0.3) is 0 Å². The fourth-order valence-corrected chi connectivity index (χ4v) is 2.00. The molecule has 0 aliphatic carbocycles. The van der Waals surface area contributed by atoms with E-state index in [1.54, 1.807) is 7.11 Å². The highest BCUT2D eigenvalue weighted by atomic mass is 16.5. The van der Waals surface area contributed by atoms with Gasteiger partial charge in [0.15, 0.2) is 0 Å². The van der Waals surface area contributed by atoms with Gasteiger partial charge in [-0.15, -0.1) is 0 Å². The molecule has 0 aliphatic rings. The molecule has 4 heteroatoms. The maximum absolute atomic E-state index is 5.92. The summed E-state index contributed by atoms with van der Waals surface area (Å²) in [5.74, 6) is 0. The minimum absolute atomic E-state index is 0.103. The summed E-state index contributed by atoms with van der Waals surface area (Å²) in [5.41, 5.74) is 6.02. The highest BCUT2D eigenvalue weighted by Crippen LogP contribution is 2.18. The van der Waals surface area contributed by atoms with E-state index >= 15 is 0 Å². The van der Waals surface area contributed by atoms with Crippen molar-refractivity contribution in [1.82, 2.24) is 4.90 Å². The molecule has 4 nitrogen and oxygen atoms in total. The second kappa shape index (κ2) is 10.7. The standard InChI is InChI=1S/C14H32N2O2/c1-5-8-16(14(3,6-2)13-15)9-12-18-11-7-10-17-4/h5-13,15H2,1-4H3. The van der Waals surface area contributed by atoms with E-state index in [-0.39, 0.29) is 5.54 Å². The van der Waals surface area contributed by atoms with Crippen molar-refractivity contribution in [3.63, 3.8) is 0 Å². The zero-order chi connectivity index (χ0) is 13.9. The first-order valence-electron chi connectivity index (χ1n) is 7.16. The Morgan fingerprint density at radius 1 is 1.11 bits per heavy atom. The lowest BCUT2D eigenvalue weighted by Gasteiger charge is -2.40. The zero-order valence-electron chi connectivity index (χ0n) is 12.7. The normalized spacial score (nSPS) is 15.0.